The molecular formula is C17H32N4. The molecule has 3 unspecified atom stereocenters. The second-order valence-corrected chi connectivity index (χ2v) is 8.61. The van der Waals surface area contributed by atoms with Crippen LogP contribution in [0.5, 0.6) is 0 Å². The van der Waals surface area contributed by atoms with Gasteiger partial charge in [0.25, 0.3) is 0 Å². The van der Waals surface area contributed by atoms with Gasteiger partial charge in [0.15, 0.2) is 0 Å². The van der Waals surface area contributed by atoms with Crippen molar-refractivity contribution in [3.05, 3.63) is 0 Å². The highest BCUT2D eigenvalue weighted by molar-refractivity contribution is 5.07. The van der Waals surface area contributed by atoms with E-state index < -0.39 is 0 Å². The van der Waals surface area contributed by atoms with Crippen molar-refractivity contribution >= 4 is 0 Å². The largest absolute Gasteiger partial charge is 0.316 e. The van der Waals surface area contributed by atoms with E-state index in [1.54, 1.807) is 0 Å². The molecule has 0 aromatic carbocycles. The highest BCUT2D eigenvalue weighted by Crippen LogP contribution is 2.48. The van der Waals surface area contributed by atoms with Crippen LogP contribution < -0.4 is 10.6 Å². The third-order valence-electron chi connectivity index (χ3n) is 6.88. The molecule has 4 aliphatic heterocycles. The fraction of sp³-hybridized carbons (Fsp3) is 1.00. The normalized spacial score (nSPS) is 44.3. The minimum Gasteiger partial charge on any atom is -0.316 e. The smallest absolute Gasteiger partial charge is 0.0108 e. The highest BCUT2D eigenvalue weighted by Gasteiger charge is 2.52. The van der Waals surface area contributed by atoms with Gasteiger partial charge in [-0.25, -0.2) is 0 Å². The Kier molecular flexibility index (Phi) is 3.57. The fourth-order valence-corrected chi connectivity index (χ4v) is 6.05. The molecule has 0 aromatic rings. The summed E-state index contributed by atoms with van der Waals surface area (Å²) in [4.78, 5) is 5.06. The molecule has 0 aromatic heterocycles. The first-order chi connectivity index (χ1) is 10.1. The van der Waals surface area contributed by atoms with Crippen LogP contribution in [-0.2, 0) is 0 Å². The van der Waals surface area contributed by atoms with E-state index in [4.69, 9.17) is 0 Å². The lowest BCUT2D eigenvalue weighted by Crippen LogP contribution is -2.64. The lowest BCUT2D eigenvalue weighted by Gasteiger charge is -2.56. The zero-order valence-corrected chi connectivity index (χ0v) is 13.8. The molecule has 0 aliphatic carbocycles. The Morgan fingerprint density at radius 2 is 1.86 bits per heavy atom. The lowest BCUT2D eigenvalue weighted by atomic mass is 9.61. The van der Waals surface area contributed by atoms with Crippen LogP contribution in [0.2, 0.25) is 0 Å². The van der Waals surface area contributed by atoms with Gasteiger partial charge in [0, 0.05) is 37.6 Å². The molecular weight excluding hydrogens is 260 g/mol. The fourth-order valence-electron chi connectivity index (χ4n) is 6.05. The van der Waals surface area contributed by atoms with Gasteiger partial charge < -0.3 is 20.4 Å². The molecule has 0 amide bonds. The zero-order chi connectivity index (χ0) is 14.5. The quantitative estimate of drug-likeness (QED) is 0.741. The molecule has 4 saturated heterocycles. The molecule has 2 N–H and O–H groups in total. The molecule has 0 saturated carbocycles. The molecule has 4 fully saturated rings. The predicted octanol–water partition coefficient (Wildman–Crippen LogP) is 0.602. The summed E-state index contributed by atoms with van der Waals surface area (Å²) in [5.74, 6) is 0.881. The van der Waals surface area contributed by atoms with E-state index in [0.29, 0.717) is 10.8 Å². The molecule has 2 spiro atoms. The number of rotatable bonds is 1. The predicted molar refractivity (Wildman–Crippen MR) is 86.5 cm³/mol. The molecule has 120 valence electrons. The van der Waals surface area contributed by atoms with E-state index >= 15 is 0 Å². The van der Waals surface area contributed by atoms with Gasteiger partial charge in [-0.1, -0.05) is 0 Å². The van der Waals surface area contributed by atoms with Gasteiger partial charge in [-0.15, -0.1) is 0 Å². The molecule has 4 aliphatic rings. The Bertz CT molecular complexity index is 383. The number of nitrogens with one attached hydrogen (secondary N) is 2. The summed E-state index contributed by atoms with van der Waals surface area (Å²) < 4.78 is 0. The van der Waals surface area contributed by atoms with Crippen LogP contribution >= 0.6 is 0 Å². The summed E-state index contributed by atoms with van der Waals surface area (Å²) >= 11 is 0. The van der Waals surface area contributed by atoms with Crippen LogP contribution in [0.3, 0.4) is 0 Å². The van der Waals surface area contributed by atoms with E-state index in [1.807, 2.05) is 0 Å². The molecule has 0 bridgehead atoms. The molecule has 4 heteroatoms. The summed E-state index contributed by atoms with van der Waals surface area (Å²) in [6.45, 7) is 8.98. The van der Waals surface area contributed by atoms with Gasteiger partial charge in [0.2, 0.25) is 0 Å². The van der Waals surface area contributed by atoms with E-state index in [-0.39, 0.29) is 0 Å². The third kappa shape index (κ3) is 2.44. The maximum absolute atomic E-state index is 3.93. The van der Waals surface area contributed by atoms with Gasteiger partial charge >= 0.3 is 0 Å². The third-order valence-corrected chi connectivity index (χ3v) is 6.88. The SMILES string of the molecule is CN1CC2(CCNC(C3CCNCC34CCN(C)C4)C2)C1. The van der Waals surface area contributed by atoms with Crippen molar-refractivity contribution in [1.82, 2.24) is 20.4 Å². The van der Waals surface area contributed by atoms with Crippen molar-refractivity contribution < 1.29 is 0 Å². The van der Waals surface area contributed by atoms with Gasteiger partial charge in [0.1, 0.15) is 0 Å². The maximum atomic E-state index is 3.93. The minimum atomic E-state index is 0.541. The van der Waals surface area contributed by atoms with Crippen LogP contribution in [0.1, 0.15) is 25.7 Å². The van der Waals surface area contributed by atoms with Gasteiger partial charge in [-0.05, 0) is 70.7 Å². The number of hydrogen-bond acceptors (Lipinski definition) is 4. The van der Waals surface area contributed by atoms with Crippen LogP contribution in [0, 0.1) is 16.7 Å². The van der Waals surface area contributed by atoms with Gasteiger partial charge in [0.05, 0.1) is 0 Å². The first-order valence-corrected chi connectivity index (χ1v) is 8.92. The topological polar surface area (TPSA) is 30.5 Å². The molecule has 4 nitrogen and oxygen atoms in total. The number of hydrogen-bond donors (Lipinski definition) is 2. The summed E-state index contributed by atoms with van der Waals surface area (Å²) in [7, 11) is 4.58. The summed E-state index contributed by atoms with van der Waals surface area (Å²) in [5.41, 5.74) is 1.19. The molecule has 4 rings (SSSR count). The van der Waals surface area contributed by atoms with E-state index in [9.17, 15) is 0 Å². The van der Waals surface area contributed by atoms with Crippen molar-refractivity contribution in [2.24, 2.45) is 16.7 Å². The lowest BCUT2D eigenvalue weighted by molar-refractivity contribution is -0.0411. The van der Waals surface area contributed by atoms with Crippen molar-refractivity contribution in [2.75, 3.05) is 59.9 Å². The Morgan fingerprint density at radius 3 is 2.57 bits per heavy atom. The standard InChI is InChI=1S/C17H32N4/c1-20-8-5-17(13-20)10-18-6-3-14(17)15-9-16(4-7-19-15)11-21(2)12-16/h14-15,18-19H,3-13H2,1-2H3. The molecule has 3 atom stereocenters. The molecule has 21 heavy (non-hydrogen) atoms. The second kappa shape index (κ2) is 5.19. The van der Waals surface area contributed by atoms with E-state index in [0.717, 1.165) is 12.0 Å². The summed E-state index contributed by atoms with van der Waals surface area (Å²) in [6, 6.07) is 0.765. The Hall–Kier alpha value is -0.160. The van der Waals surface area contributed by atoms with Crippen LogP contribution in [0.15, 0.2) is 0 Å². The molecule has 4 heterocycles. The van der Waals surface area contributed by atoms with Crippen molar-refractivity contribution in [3.63, 3.8) is 0 Å². The van der Waals surface area contributed by atoms with E-state index in [1.165, 1.54) is 71.5 Å². The summed E-state index contributed by atoms with van der Waals surface area (Å²) in [6.07, 6.45) is 5.59. The Labute approximate surface area is 129 Å². The number of likely N-dealkylation sites (tertiary alicyclic amines) is 2. The van der Waals surface area contributed by atoms with Gasteiger partial charge in [-0.3, -0.25) is 0 Å². The molecule has 0 radical (unpaired) electrons. The van der Waals surface area contributed by atoms with Crippen molar-refractivity contribution in [1.29, 1.82) is 0 Å². The average Bonchev–Trinajstić information content (AvgIpc) is 2.80. The number of piperidine rings is 2. The van der Waals surface area contributed by atoms with Crippen LogP contribution in [0.4, 0.5) is 0 Å². The zero-order valence-electron chi connectivity index (χ0n) is 13.8. The number of nitrogens with zero attached hydrogens (tertiary/aromatic N) is 2. The van der Waals surface area contributed by atoms with Crippen molar-refractivity contribution in [2.45, 2.75) is 31.7 Å². The van der Waals surface area contributed by atoms with E-state index in [2.05, 4.69) is 34.5 Å². The Morgan fingerprint density at radius 1 is 1.00 bits per heavy atom. The van der Waals surface area contributed by atoms with Crippen LogP contribution in [0.25, 0.3) is 0 Å². The summed E-state index contributed by atoms with van der Waals surface area (Å²) in [5, 5.41) is 7.63. The van der Waals surface area contributed by atoms with Gasteiger partial charge in [-0.2, -0.15) is 0 Å². The maximum Gasteiger partial charge on any atom is 0.0108 e. The Balaban J connectivity index is 1.51. The first-order valence-electron chi connectivity index (χ1n) is 8.92. The second-order valence-electron chi connectivity index (χ2n) is 8.61. The average molecular weight is 292 g/mol. The highest BCUT2D eigenvalue weighted by atomic mass is 15.2. The minimum absolute atomic E-state index is 0.541. The first kappa shape index (κ1) is 14.4. The van der Waals surface area contributed by atoms with Crippen LogP contribution in [-0.4, -0.2) is 75.8 Å². The van der Waals surface area contributed by atoms with Crippen molar-refractivity contribution in [3.8, 4) is 0 Å². The monoisotopic (exact) mass is 292 g/mol.